The fraction of sp³-hybridized carbons (Fsp3) is 0.667. The molecule has 1 fully saturated rings. The third-order valence-corrected chi connectivity index (χ3v) is 2.94. The SMILES string of the molecule is C[C@@H](NCC1CCCOC1)c1ccco1. The van der Waals surface area contributed by atoms with Crippen LogP contribution in [0.15, 0.2) is 22.8 Å². The monoisotopic (exact) mass is 209 g/mol. The van der Waals surface area contributed by atoms with E-state index < -0.39 is 0 Å². The molecule has 1 aliphatic rings. The van der Waals surface area contributed by atoms with Crippen LogP contribution in [0.5, 0.6) is 0 Å². The van der Waals surface area contributed by atoms with Gasteiger partial charge in [0.1, 0.15) is 5.76 Å². The Morgan fingerprint density at radius 2 is 2.53 bits per heavy atom. The maximum Gasteiger partial charge on any atom is 0.120 e. The quantitative estimate of drug-likeness (QED) is 0.826. The van der Waals surface area contributed by atoms with E-state index in [1.807, 2.05) is 12.1 Å². The second-order valence-corrected chi connectivity index (χ2v) is 4.23. The fourth-order valence-electron chi connectivity index (χ4n) is 1.95. The molecular weight excluding hydrogens is 190 g/mol. The Morgan fingerprint density at radius 1 is 1.60 bits per heavy atom. The second kappa shape index (κ2) is 5.33. The molecule has 1 aromatic rings. The van der Waals surface area contributed by atoms with Crippen molar-refractivity contribution in [2.75, 3.05) is 19.8 Å². The van der Waals surface area contributed by atoms with Crippen molar-refractivity contribution in [1.29, 1.82) is 0 Å². The van der Waals surface area contributed by atoms with E-state index in [0.29, 0.717) is 12.0 Å². The van der Waals surface area contributed by atoms with E-state index >= 15 is 0 Å². The van der Waals surface area contributed by atoms with E-state index in [2.05, 4.69) is 12.2 Å². The number of hydrogen-bond donors (Lipinski definition) is 1. The van der Waals surface area contributed by atoms with E-state index in [1.165, 1.54) is 12.8 Å². The predicted octanol–water partition coefficient (Wildman–Crippen LogP) is 2.36. The summed E-state index contributed by atoms with van der Waals surface area (Å²) in [5.41, 5.74) is 0. The molecule has 2 heterocycles. The second-order valence-electron chi connectivity index (χ2n) is 4.23. The molecule has 1 unspecified atom stereocenters. The van der Waals surface area contributed by atoms with Gasteiger partial charge in [-0.05, 0) is 37.8 Å². The third-order valence-electron chi connectivity index (χ3n) is 2.94. The van der Waals surface area contributed by atoms with Crippen molar-refractivity contribution in [1.82, 2.24) is 5.32 Å². The maximum atomic E-state index is 5.44. The van der Waals surface area contributed by atoms with Gasteiger partial charge in [-0.1, -0.05) is 0 Å². The van der Waals surface area contributed by atoms with Crippen LogP contribution in [0.4, 0.5) is 0 Å². The highest BCUT2D eigenvalue weighted by molar-refractivity contribution is 5.02. The van der Waals surface area contributed by atoms with Gasteiger partial charge in [-0.15, -0.1) is 0 Å². The largest absolute Gasteiger partial charge is 0.468 e. The third kappa shape index (κ3) is 3.08. The molecule has 3 heteroatoms. The smallest absolute Gasteiger partial charge is 0.120 e. The van der Waals surface area contributed by atoms with E-state index in [1.54, 1.807) is 6.26 Å². The summed E-state index contributed by atoms with van der Waals surface area (Å²) in [7, 11) is 0. The van der Waals surface area contributed by atoms with Crippen LogP contribution in [0.25, 0.3) is 0 Å². The van der Waals surface area contributed by atoms with Crippen LogP contribution >= 0.6 is 0 Å². The molecule has 0 aromatic carbocycles. The molecule has 0 amide bonds. The summed E-state index contributed by atoms with van der Waals surface area (Å²) in [6.45, 7) is 4.98. The molecule has 1 aromatic heterocycles. The van der Waals surface area contributed by atoms with E-state index in [-0.39, 0.29) is 0 Å². The number of rotatable bonds is 4. The van der Waals surface area contributed by atoms with Crippen LogP contribution < -0.4 is 5.32 Å². The molecule has 2 atom stereocenters. The van der Waals surface area contributed by atoms with E-state index in [0.717, 1.165) is 25.5 Å². The molecule has 0 aliphatic carbocycles. The van der Waals surface area contributed by atoms with Crippen molar-refractivity contribution in [2.45, 2.75) is 25.8 Å². The van der Waals surface area contributed by atoms with Gasteiger partial charge in [0, 0.05) is 13.2 Å². The first-order valence-corrected chi connectivity index (χ1v) is 5.71. The first kappa shape index (κ1) is 10.7. The summed E-state index contributed by atoms with van der Waals surface area (Å²) in [5.74, 6) is 1.67. The van der Waals surface area contributed by atoms with Gasteiger partial charge in [0.25, 0.3) is 0 Å². The van der Waals surface area contributed by atoms with Crippen LogP contribution in [0.3, 0.4) is 0 Å². The van der Waals surface area contributed by atoms with Gasteiger partial charge in [-0.3, -0.25) is 0 Å². The molecule has 0 saturated carbocycles. The molecule has 84 valence electrons. The maximum absolute atomic E-state index is 5.44. The fourth-order valence-corrected chi connectivity index (χ4v) is 1.95. The standard InChI is InChI=1S/C12H19NO2/c1-10(12-5-3-7-15-12)13-8-11-4-2-6-14-9-11/h3,5,7,10-11,13H,2,4,6,8-9H2,1H3/t10-,11?/m1/s1. The lowest BCUT2D eigenvalue weighted by molar-refractivity contribution is 0.0537. The molecule has 3 nitrogen and oxygen atoms in total. The minimum absolute atomic E-state index is 0.293. The zero-order chi connectivity index (χ0) is 10.5. The lowest BCUT2D eigenvalue weighted by Crippen LogP contribution is -2.30. The summed E-state index contributed by atoms with van der Waals surface area (Å²) in [4.78, 5) is 0. The lowest BCUT2D eigenvalue weighted by Gasteiger charge is -2.23. The average molecular weight is 209 g/mol. The minimum atomic E-state index is 0.293. The number of hydrogen-bond acceptors (Lipinski definition) is 3. The van der Waals surface area contributed by atoms with E-state index in [4.69, 9.17) is 9.15 Å². The molecule has 0 spiro atoms. The highest BCUT2D eigenvalue weighted by Gasteiger charge is 2.15. The molecule has 0 bridgehead atoms. The summed E-state index contributed by atoms with van der Waals surface area (Å²) >= 11 is 0. The van der Waals surface area contributed by atoms with Crippen LogP contribution in [0, 0.1) is 5.92 Å². The molecule has 2 rings (SSSR count). The lowest BCUT2D eigenvalue weighted by atomic mass is 10.0. The zero-order valence-electron chi connectivity index (χ0n) is 9.24. The van der Waals surface area contributed by atoms with Crippen molar-refractivity contribution >= 4 is 0 Å². The van der Waals surface area contributed by atoms with Crippen LogP contribution in [0.1, 0.15) is 31.6 Å². The molecule has 1 aliphatic heterocycles. The van der Waals surface area contributed by atoms with Gasteiger partial charge < -0.3 is 14.5 Å². The van der Waals surface area contributed by atoms with Crippen molar-refractivity contribution in [2.24, 2.45) is 5.92 Å². The Morgan fingerprint density at radius 3 is 3.20 bits per heavy atom. The van der Waals surface area contributed by atoms with Gasteiger partial charge in [0.15, 0.2) is 0 Å². The Bertz CT molecular complexity index is 265. The zero-order valence-corrected chi connectivity index (χ0v) is 9.24. The molecular formula is C12H19NO2. The van der Waals surface area contributed by atoms with Gasteiger partial charge in [0.05, 0.1) is 18.9 Å². The topological polar surface area (TPSA) is 34.4 Å². The van der Waals surface area contributed by atoms with E-state index in [9.17, 15) is 0 Å². The number of ether oxygens (including phenoxy) is 1. The number of furan rings is 1. The Hall–Kier alpha value is -0.800. The van der Waals surface area contributed by atoms with Gasteiger partial charge >= 0.3 is 0 Å². The number of nitrogens with one attached hydrogen (secondary N) is 1. The molecule has 1 N–H and O–H groups in total. The highest BCUT2D eigenvalue weighted by Crippen LogP contribution is 2.16. The Labute approximate surface area is 90.8 Å². The van der Waals surface area contributed by atoms with Crippen molar-refractivity contribution in [3.63, 3.8) is 0 Å². The summed E-state index contributed by atoms with van der Waals surface area (Å²) in [5, 5.41) is 3.48. The van der Waals surface area contributed by atoms with Gasteiger partial charge in [0.2, 0.25) is 0 Å². The van der Waals surface area contributed by atoms with Crippen LogP contribution in [-0.2, 0) is 4.74 Å². The Balaban J connectivity index is 1.73. The Kier molecular flexibility index (Phi) is 3.80. The molecule has 0 radical (unpaired) electrons. The van der Waals surface area contributed by atoms with Crippen molar-refractivity contribution in [3.05, 3.63) is 24.2 Å². The van der Waals surface area contributed by atoms with Crippen molar-refractivity contribution < 1.29 is 9.15 Å². The average Bonchev–Trinajstić information content (AvgIpc) is 2.81. The summed E-state index contributed by atoms with van der Waals surface area (Å²) in [6.07, 6.45) is 4.19. The molecule has 1 saturated heterocycles. The normalized spacial score (nSPS) is 23.9. The highest BCUT2D eigenvalue weighted by atomic mass is 16.5. The summed E-state index contributed by atoms with van der Waals surface area (Å²) in [6, 6.07) is 4.23. The first-order chi connectivity index (χ1) is 7.36. The van der Waals surface area contributed by atoms with Gasteiger partial charge in [-0.2, -0.15) is 0 Å². The molecule has 15 heavy (non-hydrogen) atoms. The van der Waals surface area contributed by atoms with Crippen LogP contribution in [0.2, 0.25) is 0 Å². The summed E-state index contributed by atoms with van der Waals surface area (Å²) < 4.78 is 10.8. The van der Waals surface area contributed by atoms with Crippen molar-refractivity contribution in [3.8, 4) is 0 Å². The van der Waals surface area contributed by atoms with Gasteiger partial charge in [-0.25, -0.2) is 0 Å². The minimum Gasteiger partial charge on any atom is -0.468 e. The predicted molar refractivity (Wildman–Crippen MR) is 58.7 cm³/mol. The van der Waals surface area contributed by atoms with Crippen LogP contribution in [-0.4, -0.2) is 19.8 Å². The first-order valence-electron chi connectivity index (χ1n) is 5.71.